The molecule has 0 aromatic carbocycles. The van der Waals surface area contributed by atoms with E-state index >= 15 is 0 Å². The minimum absolute atomic E-state index is 0.0512. The van der Waals surface area contributed by atoms with Gasteiger partial charge in [-0.2, -0.15) is 0 Å². The normalized spacial score (nSPS) is 12.9. The number of hydrogen-bond donors (Lipinski definition) is 5. The minimum Gasteiger partial charge on any atom is -0.449 e. The molecule has 10 nitrogen and oxygen atoms in total. The second-order valence-corrected chi connectivity index (χ2v) is 3.91. The van der Waals surface area contributed by atoms with E-state index in [2.05, 4.69) is 10.1 Å². The zero-order valence-electron chi connectivity index (χ0n) is 10.7. The predicted molar refractivity (Wildman–Crippen MR) is 64.6 cm³/mol. The van der Waals surface area contributed by atoms with Gasteiger partial charge in [-0.3, -0.25) is 30.1 Å². The SMILES string of the molecule is NC(=O)CC[C@H](NC(=O)CCC(N)OC=O)C(=O)NO. The van der Waals surface area contributed by atoms with Gasteiger partial charge >= 0.3 is 0 Å². The number of amides is 3. The van der Waals surface area contributed by atoms with Gasteiger partial charge in [-0.1, -0.05) is 0 Å². The number of hydrogen-bond acceptors (Lipinski definition) is 7. The van der Waals surface area contributed by atoms with Crippen molar-refractivity contribution in [3.05, 3.63) is 0 Å². The summed E-state index contributed by atoms with van der Waals surface area (Å²) < 4.78 is 4.38. The summed E-state index contributed by atoms with van der Waals surface area (Å²) in [5.41, 5.74) is 11.6. The Hall–Kier alpha value is -2.20. The van der Waals surface area contributed by atoms with Crippen LogP contribution in [0, 0.1) is 0 Å². The highest BCUT2D eigenvalue weighted by molar-refractivity contribution is 5.87. The lowest BCUT2D eigenvalue weighted by Crippen LogP contribution is -2.46. The number of nitrogens with two attached hydrogens (primary N) is 2. The maximum Gasteiger partial charge on any atom is 0.294 e. The zero-order valence-corrected chi connectivity index (χ0v) is 10.7. The van der Waals surface area contributed by atoms with Gasteiger partial charge in [0.2, 0.25) is 11.8 Å². The molecule has 0 aromatic heterocycles. The predicted octanol–water partition coefficient (Wildman–Crippen LogP) is -2.52. The smallest absolute Gasteiger partial charge is 0.294 e. The van der Waals surface area contributed by atoms with Gasteiger partial charge < -0.3 is 15.8 Å². The summed E-state index contributed by atoms with van der Waals surface area (Å²) in [6.07, 6.45) is -1.14. The quantitative estimate of drug-likeness (QED) is 0.128. The molecule has 0 heterocycles. The van der Waals surface area contributed by atoms with Crippen LogP contribution >= 0.6 is 0 Å². The highest BCUT2D eigenvalue weighted by Crippen LogP contribution is 2.00. The summed E-state index contributed by atoms with van der Waals surface area (Å²) in [6, 6.07) is -1.09. The van der Waals surface area contributed by atoms with E-state index in [0.717, 1.165) is 0 Å². The molecular weight excluding hydrogens is 272 g/mol. The Bertz CT molecular complexity index is 362. The Morgan fingerprint density at radius 3 is 2.40 bits per heavy atom. The highest BCUT2D eigenvalue weighted by atomic mass is 16.5. The summed E-state index contributed by atoms with van der Waals surface area (Å²) in [7, 11) is 0. The summed E-state index contributed by atoms with van der Waals surface area (Å²) in [4.78, 5) is 43.4. The van der Waals surface area contributed by atoms with Gasteiger partial charge in [-0.25, -0.2) is 5.48 Å². The van der Waals surface area contributed by atoms with E-state index in [9.17, 15) is 19.2 Å². The van der Waals surface area contributed by atoms with Crippen molar-refractivity contribution in [3.8, 4) is 0 Å². The van der Waals surface area contributed by atoms with Crippen molar-refractivity contribution in [3.63, 3.8) is 0 Å². The molecule has 0 aliphatic heterocycles. The average Bonchev–Trinajstić information content (AvgIpc) is 2.40. The molecule has 20 heavy (non-hydrogen) atoms. The third kappa shape index (κ3) is 8.00. The molecule has 3 amide bonds. The first-order chi connectivity index (χ1) is 9.40. The number of nitrogens with one attached hydrogen (secondary N) is 2. The standard InChI is InChI=1S/C10H18N4O6/c11-7(16)2-1-6(10(18)14-19)13-9(17)4-3-8(12)20-5-15/h5-6,8,19H,1-4,12H2,(H2,11,16)(H,13,17)(H,14,18)/t6-,8?/m0/s1. The zero-order chi connectivity index (χ0) is 15.5. The summed E-state index contributed by atoms with van der Waals surface area (Å²) in [5.74, 6) is -2.06. The molecule has 10 heteroatoms. The van der Waals surface area contributed by atoms with Crippen molar-refractivity contribution in [1.82, 2.24) is 10.8 Å². The molecule has 114 valence electrons. The largest absolute Gasteiger partial charge is 0.449 e. The molecule has 0 aliphatic rings. The molecule has 0 aromatic rings. The molecule has 0 saturated carbocycles. The second-order valence-electron chi connectivity index (χ2n) is 3.91. The Morgan fingerprint density at radius 1 is 1.25 bits per heavy atom. The van der Waals surface area contributed by atoms with E-state index in [1.54, 1.807) is 0 Å². The minimum atomic E-state index is -1.09. The van der Waals surface area contributed by atoms with Gasteiger partial charge in [-0.05, 0) is 6.42 Å². The van der Waals surface area contributed by atoms with Crippen LogP contribution in [0.3, 0.4) is 0 Å². The lowest BCUT2D eigenvalue weighted by molar-refractivity contribution is -0.136. The highest BCUT2D eigenvalue weighted by Gasteiger charge is 2.21. The van der Waals surface area contributed by atoms with Crippen LogP contribution in [-0.4, -0.2) is 41.7 Å². The van der Waals surface area contributed by atoms with Gasteiger partial charge in [0.25, 0.3) is 12.4 Å². The van der Waals surface area contributed by atoms with Crippen LogP contribution in [0.1, 0.15) is 25.7 Å². The summed E-state index contributed by atoms with van der Waals surface area (Å²) >= 11 is 0. The molecule has 0 aliphatic carbocycles. The van der Waals surface area contributed by atoms with E-state index in [1.807, 2.05) is 0 Å². The van der Waals surface area contributed by atoms with Crippen molar-refractivity contribution in [2.24, 2.45) is 11.5 Å². The van der Waals surface area contributed by atoms with Crippen molar-refractivity contribution in [1.29, 1.82) is 0 Å². The van der Waals surface area contributed by atoms with Crippen molar-refractivity contribution in [2.75, 3.05) is 0 Å². The fourth-order valence-corrected chi connectivity index (χ4v) is 1.31. The molecule has 0 rings (SSSR count). The number of carbonyl (C=O) groups excluding carboxylic acids is 4. The van der Waals surface area contributed by atoms with Gasteiger partial charge in [0.15, 0.2) is 6.23 Å². The first-order valence-corrected chi connectivity index (χ1v) is 5.77. The summed E-state index contributed by atoms with van der Waals surface area (Å²) in [6.45, 7) is 0.164. The molecule has 0 bridgehead atoms. The van der Waals surface area contributed by atoms with Crippen LogP contribution in [0.4, 0.5) is 0 Å². The Morgan fingerprint density at radius 2 is 1.90 bits per heavy atom. The number of primary amides is 1. The average molecular weight is 290 g/mol. The molecular formula is C10H18N4O6. The van der Waals surface area contributed by atoms with Crippen LogP contribution in [0.2, 0.25) is 0 Å². The maximum atomic E-state index is 11.5. The van der Waals surface area contributed by atoms with Gasteiger partial charge in [0, 0.05) is 19.3 Å². The Labute approximate surface area is 114 Å². The lowest BCUT2D eigenvalue weighted by Gasteiger charge is -2.16. The fraction of sp³-hybridized carbons (Fsp3) is 0.600. The van der Waals surface area contributed by atoms with E-state index in [-0.39, 0.29) is 32.2 Å². The first kappa shape index (κ1) is 17.8. The van der Waals surface area contributed by atoms with Crippen molar-refractivity contribution in [2.45, 2.75) is 38.0 Å². The monoisotopic (exact) mass is 290 g/mol. The van der Waals surface area contributed by atoms with E-state index < -0.39 is 30.0 Å². The van der Waals surface area contributed by atoms with Crippen LogP contribution in [0.5, 0.6) is 0 Å². The molecule has 0 radical (unpaired) electrons. The third-order valence-electron chi connectivity index (χ3n) is 2.33. The molecule has 7 N–H and O–H groups in total. The van der Waals surface area contributed by atoms with E-state index in [4.69, 9.17) is 16.7 Å². The third-order valence-corrected chi connectivity index (χ3v) is 2.33. The van der Waals surface area contributed by atoms with Gasteiger partial charge in [-0.15, -0.1) is 0 Å². The first-order valence-electron chi connectivity index (χ1n) is 5.77. The molecule has 2 atom stereocenters. The van der Waals surface area contributed by atoms with Crippen LogP contribution in [0.15, 0.2) is 0 Å². The van der Waals surface area contributed by atoms with Crippen LogP contribution in [-0.2, 0) is 23.9 Å². The van der Waals surface area contributed by atoms with Crippen molar-refractivity contribution < 1.29 is 29.1 Å². The van der Waals surface area contributed by atoms with Crippen molar-refractivity contribution >= 4 is 24.2 Å². The second kappa shape index (κ2) is 9.69. The number of carbonyl (C=O) groups is 4. The molecule has 1 unspecified atom stereocenters. The van der Waals surface area contributed by atoms with Gasteiger partial charge in [0.1, 0.15) is 6.04 Å². The lowest BCUT2D eigenvalue weighted by atomic mass is 10.1. The number of rotatable bonds is 10. The summed E-state index contributed by atoms with van der Waals surface area (Å²) in [5, 5.41) is 10.8. The maximum absolute atomic E-state index is 11.5. The number of ether oxygens (including phenoxy) is 1. The van der Waals surface area contributed by atoms with E-state index in [1.165, 1.54) is 5.48 Å². The molecule has 0 spiro atoms. The van der Waals surface area contributed by atoms with Crippen LogP contribution < -0.4 is 22.3 Å². The topological polar surface area (TPSA) is 174 Å². The molecule has 0 saturated heterocycles. The Balaban J connectivity index is 4.27. The fourth-order valence-electron chi connectivity index (χ4n) is 1.31. The Kier molecular flexibility index (Phi) is 8.63. The van der Waals surface area contributed by atoms with E-state index in [0.29, 0.717) is 0 Å². The van der Waals surface area contributed by atoms with Gasteiger partial charge in [0.05, 0.1) is 0 Å². The number of hydroxylamine groups is 1. The van der Waals surface area contributed by atoms with Crippen LogP contribution in [0.25, 0.3) is 0 Å². The molecule has 0 fully saturated rings.